The van der Waals surface area contributed by atoms with Gasteiger partial charge >= 0.3 is 0 Å². The molecule has 0 saturated heterocycles. The Labute approximate surface area is 142 Å². The van der Waals surface area contributed by atoms with Crippen LogP contribution in [-0.4, -0.2) is 31.4 Å². The van der Waals surface area contributed by atoms with Crippen molar-refractivity contribution in [1.82, 2.24) is 19.9 Å². The Balaban J connectivity index is 1.61. The van der Waals surface area contributed by atoms with Crippen LogP contribution in [0.5, 0.6) is 0 Å². The zero-order valence-corrected chi connectivity index (χ0v) is 13.2. The van der Waals surface area contributed by atoms with Crippen LogP contribution in [0.25, 0.3) is 27.8 Å². The third kappa shape index (κ3) is 2.35. The molecule has 2 aromatic heterocycles. The molecule has 0 saturated carbocycles. The monoisotopic (exact) mass is 327 g/mol. The molecule has 120 valence electrons. The summed E-state index contributed by atoms with van der Waals surface area (Å²) < 4.78 is 0. The molecule has 0 spiro atoms. The largest absolute Gasteiger partial charge is 0.337 e. The molecule has 2 N–H and O–H groups in total. The molecule has 0 atom stereocenters. The number of nitrogens with zero attached hydrogens (tertiary/aromatic N) is 3. The van der Waals surface area contributed by atoms with Gasteiger partial charge in [0.15, 0.2) is 17.4 Å². The number of para-hydroxylation sites is 4. The van der Waals surface area contributed by atoms with Gasteiger partial charge < -0.3 is 9.97 Å². The maximum absolute atomic E-state index is 12.2. The van der Waals surface area contributed by atoms with Gasteiger partial charge in [0.1, 0.15) is 5.70 Å². The first-order chi connectivity index (χ1) is 12.3. The summed E-state index contributed by atoms with van der Waals surface area (Å²) in [5, 5.41) is 0. The van der Waals surface area contributed by atoms with E-state index in [9.17, 15) is 4.79 Å². The van der Waals surface area contributed by atoms with Crippen LogP contribution in [0.15, 0.2) is 59.6 Å². The number of aromatic nitrogens is 4. The average Bonchev–Trinajstić information content (AvgIpc) is 3.25. The molecule has 1 aliphatic rings. The first kappa shape index (κ1) is 13.9. The topological polar surface area (TPSA) is 86.8 Å². The number of fused-ring (bicyclic) bond motifs is 2. The molecule has 0 unspecified atom stereocenters. The van der Waals surface area contributed by atoms with Gasteiger partial charge in [-0.1, -0.05) is 24.3 Å². The summed E-state index contributed by atoms with van der Waals surface area (Å²) in [7, 11) is 0. The van der Waals surface area contributed by atoms with Crippen LogP contribution in [0.3, 0.4) is 0 Å². The number of imidazole rings is 2. The molecule has 6 nitrogen and oxygen atoms in total. The van der Waals surface area contributed by atoms with Crippen LogP contribution in [0.2, 0.25) is 0 Å². The number of aromatic amines is 2. The van der Waals surface area contributed by atoms with Crippen LogP contribution in [0.1, 0.15) is 18.1 Å². The molecule has 0 fully saturated rings. The van der Waals surface area contributed by atoms with Gasteiger partial charge in [-0.15, -0.1) is 0 Å². The zero-order chi connectivity index (χ0) is 16.8. The highest BCUT2D eigenvalue weighted by Crippen LogP contribution is 2.23. The molecule has 0 bridgehead atoms. The van der Waals surface area contributed by atoms with E-state index in [1.807, 2.05) is 48.5 Å². The van der Waals surface area contributed by atoms with Crippen LogP contribution >= 0.6 is 0 Å². The van der Waals surface area contributed by atoms with Crippen LogP contribution in [0, 0.1) is 0 Å². The number of carbonyl (C=O) groups is 1. The Bertz CT molecular complexity index is 1130. The van der Waals surface area contributed by atoms with Gasteiger partial charge in [-0.25, -0.2) is 15.0 Å². The summed E-state index contributed by atoms with van der Waals surface area (Å²) in [5.74, 6) is 1.19. The Hall–Kier alpha value is -3.54. The van der Waals surface area contributed by atoms with E-state index in [4.69, 9.17) is 0 Å². The smallest absolute Gasteiger partial charge is 0.164 e. The van der Waals surface area contributed by atoms with Crippen LogP contribution in [-0.2, 0) is 4.79 Å². The zero-order valence-electron chi connectivity index (χ0n) is 13.2. The van der Waals surface area contributed by atoms with E-state index >= 15 is 0 Å². The highest BCUT2D eigenvalue weighted by molar-refractivity contribution is 6.19. The molecule has 25 heavy (non-hydrogen) atoms. The van der Waals surface area contributed by atoms with Gasteiger partial charge in [-0.05, 0) is 24.3 Å². The average molecular weight is 327 g/mol. The lowest BCUT2D eigenvalue weighted by Gasteiger charge is -2.08. The Morgan fingerprint density at radius 1 is 0.800 bits per heavy atom. The van der Waals surface area contributed by atoms with Crippen molar-refractivity contribution in [3.05, 3.63) is 66.3 Å². The van der Waals surface area contributed by atoms with Crippen molar-refractivity contribution in [3.63, 3.8) is 0 Å². The lowest BCUT2D eigenvalue weighted by atomic mass is 10.1. The van der Waals surface area contributed by atoms with Gasteiger partial charge in [0, 0.05) is 6.08 Å². The second-order valence-electron chi connectivity index (χ2n) is 5.94. The number of carbonyl (C=O) groups excluding carboxylic acids is 1. The quantitative estimate of drug-likeness (QED) is 0.592. The molecule has 4 aromatic rings. The Kier molecular flexibility index (Phi) is 2.90. The van der Waals surface area contributed by atoms with E-state index in [1.165, 1.54) is 6.08 Å². The van der Waals surface area contributed by atoms with Gasteiger partial charge in [-0.3, -0.25) is 4.79 Å². The van der Waals surface area contributed by atoms with E-state index in [2.05, 4.69) is 24.9 Å². The van der Waals surface area contributed by atoms with Crippen LogP contribution in [0.4, 0.5) is 0 Å². The number of nitrogens with one attached hydrogen (secondary N) is 2. The van der Waals surface area contributed by atoms with Crippen molar-refractivity contribution in [3.8, 4) is 0 Å². The minimum Gasteiger partial charge on any atom is -0.337 e. The molecular weight excluding hydrogens is 314 g/mol. The van der Waals surface area contributed by atoms with Crippen molar-refractivity contribution in [2.45, 2.75) is 6.42 Å². The number of aliphatic imine (C=N–C) groups is 1. The molecule has 2 aromatic carbocycles. The molecule has 1 aliphatic heterocycles. The summed E-state index contributed by atoms with van der Waals surface area (Å²) >= 11 is 0. The summed E-state index contributed by atoms with van der Waals surface area (Å²) in [6, 6.07) is 15.5. The molecule has 0 amide bonds. The van der Waals surface area contributed by atoms with E-state index < -0.39 is 0 Å². The predicted molar refractivity (Wildman–Crippen MR) is 96.3 cm³/mol. The molecule has 0 radical (unpaired) electrons. The highest BCUT2D eigenvalue weighted by atomic mass is 16.1. The first-order valence-corrected chi connectivity index (χ1v) is 7.98. The fourth-order valence-corrected chi connectivity index (χ4v) is 3.01. The minimum atomic E-state index is -0.0130. The summed E-state index contributed by atoms with van der Waals surface area (Å²) in [6.45, 7) is 0. The maximum atomic E-state index is 12.2. The van der Waals surface area contributed by atoms with E-state index in [0.717, 1.165) is 22.1 Å². The van der Waals surface area contributed by atoms with Gasteiger partial charge in [0.2, 0.25) is 0 Å². The Morgan fingerprint density at radius 2 is 1.40 bits per heavy atom. The summed E-state index contributed by atoms with van der Waals surface area (Å²) in [6.07, 6.45) is 1.76. The highest BCUT2D eigenvalue weighted by Gasteiger charge is 2.20. The van der Waals surface area contributed by atoms with Crippen molar-refractivity contribution < 1.29 is 4.79 Å². The third-order valence-electron chi connectivity index (χ3n) is 4.19. The fraction of sp³-hybridized carbons (Fsp3) is 0.0526. The predicted octanol–water partition coefficient (Wildman–Crippen LogP) is 3.24. The van der Waals surface area contributed by atoms with Crippen molar-refractivity contribution in [2.75, 3.05) is 0 Å². The van der Waals surface area contributed by atoms with E-state index in [1.54, 1.807) is 0 Å². The maximum Gasteiger partial charge on any atom is 0.164 e. The van der Waals surface area contributed by atoms with Gasteiger partial charge in [0.05, 0.1) is 34.2 Å². The van der Waals surface area contributed by atoms with E-state index in [-0.39, 0.29) is 12.2 Å². The van der Waals surface area contributed by atoms with Crippen LogP contribution < -0.4 is 0 Å². The number of rotatable bonds is 2. The SMILES string of the molecule is O=C1C=C(c2nc3ccccc3[nH]2)N=C(c2nc3ccccc3[nH]2)C1. The molecule has 3 heterocycles. The van der Waals surface area contributed by atoms with Crippen molar-refractivity contribution in [2.24, 2.45) is 4.99 Å². The lowest BCUT2D eigenvalue weighted by molar-refractivity contribution is -0.113. The Morgan fingerprint density at radius 3 is 2.08 bits per heavy atom. The molecule has 5 rings (SSSR count). The number of ketones is 1. The fourth-order valence-electron chi connectivity index (χ4n) is 3.01. The van der Waals surface area contributed by atoms with Crippen molar-refractivity contribution in [1.29, 1.82) is 0 Å². The second kappa shape index (κ2) is 5.24. The molecule has 6 heteroatoms. The van der Waals surface area contributed by atoms with Crippen molar-refractivity contribution >= 4 is 39.3 Å². The second-order valence-corrected chi connectivity index (χ2v) is 5.94. The standard InChI is InChI=1S/C19H13N5O/c25-11-9-16(18-21-12-5-1-2-6-13(12)22-18)20-17(10-11)19-23-14-7-3-4-8-15(14)24-19/h1-9H,10H2,(H,21,22)(H,23,24). The summed E-state index contributed by atoms with van der Waals surface area (Å²) in [4.78, 5) is 32.4. The molecular formula is C19H13N5O. The normalized spacial score (nSPS) is 14.8. The first-order valence-electron chi connectivity index (χ1n) is 7.98. The third-order valence-corrected chi connectivity index (χ3v) is 4.19. The lowest BCUT2D eigenvalue weighted by Crippen LogP contribution is -2.14. The van der Waals surface area contributed by atoms with E-state index in [0.29, 0.717) is 23.1 Å². The number of allylic oxidation sites excluding steroid dienone is 1. The summed E-state index contributed by atoms with van der Waals surface area (Å²) in [5.41, 5.74) is 4.69. The number of benzene rings is 2. The molecule has 0 aliphatic carbocycles. The van der Waals surface area contributed by atoms with Gasteiger partial charge in [0.25, 0.3) is 0 Å². The van der Waals surface area contributed by atoms with Gasteiger partial charge in [-0.2, -0.15) is 0 Å². The number of H-pyrrole nitrogens is 2. The number of hydrogen-bond donors (Lipinski definition) is 2. The minimum absolute atomic E-state index is 0.0130. The number of hydrogen-bond acceptors (Lipinski definition) is 4.